The van der Waals surface area contributed by atoms with Crippen LogP contribution in [0.1, 0.15) is 18.9 Å². The molecule has 1 aliphatic carbocycles. The lowest BCUT2D eigenvalue weighted by Gasteiger charge is -2.06. The van der Waals surface area contributed by atoms with Crippen LogP contribution in [0.4, 0.5) is 0 Å². The summed E-state index contributed by atoms with van der Waals surface area (Å²) in [7, 11) is 0. The normalized spacial score (nSPS) is 26.5. The molecule has 4 heteroatoms. The van der Waals surface area contributed by atoms with Crippen LogP contribution in [0.2, 0.25) is 5.02 Å². The van der Waals surface area contributed by atoms with Gasteiger partial charge in [-0.25, -0.2) is 0 Å². The Hall–Kier alpha value is -1.03. The maximum absolute atomic E-state index is 6.20. The Morgan fingerprint density at radius 3 is 2.91 bits per heavy atom. The minimum absolute atomic E-state index is 0.825. The zero-order valence-electron chi connectivity index (χ0n) is 13.1. The van der Waals surface area contributed by atoms with Crippen molar-refractivity contribution in [3.8, 4) is 0 Å². The van der Waals surface area contributed by atoms with Crippen LogP contribution in [0.15, 0.2) is 24.4 Å². The number of aryl methyl sites for hydroxylation is 1. The molecule has 0 radical (unpaired) electrons. The summed E-state index contributed by atoms with van der Waals surface area (Å²) in [6.07, 6.45) is 3.45. The second-order valence-electron chi connectivity index (χ2n) is 6.79. The number of nitrogens with one attached hydrogen (secondary N) is 2. The number of benzene rings is 1. The van der Waals surface area contributed by atoms with Crippen molar-refractivity contribution in [3.05, 3.63) is 35.0 Å². The number of nitrogens with zero attached hydrogens (tertiary/aromatic N) is 1. The van der Waals surface area contributed by atoms with E-state index in [0.717, 1.165) is 48.8 Å². The molecule has 0 spiro atoms. The Kier molecular flexibility index (Phi) is 3.89. The SMILES string of the molecule is CCCn1cc(CNCC2C3CNCC23)c2cc(Cl)ccc21. The van der Waals surface area contributed by atoms with E-state index in [1.807, 2.05) is 6.07 Å². The number of rotatable bonds is 6. The van der Waals surface area contributed by atoms with Gasteiger partial charge in [0.2, 0.25) is 0 Å². The average Bonchev–Trinajstić information content (AvgIpc) is 2.87. The molecule has 1 saturated carbocycles. The van der Waals surface area contributed by atoms with Crippen LogP contribution in [-0.2, 0) is 13.1 Å². The molecule has 2 aromatic rings. The van der Waals surface area contributed by atoms with Gasteiger partial charge in [0.05, 0.1) is 0 Å². The highest BCUT2D eigenvalue weighted by Gasteiger charge is 2.51. The topological polar surface area (TPSA) is 29.0 Å². The van der Waals surface area contributed by atoms with Gasteiger partial charge in [0.25, 0.3) is 0 Å². The maximum Gasteiger partial charge on any atom is 0.0484 e. The molecule has 2 atom stereocenters. The van der Waals surface area contributed by atoms with Crippen LogP contribution in [0.5, 0.6) is 0 Å². The smallest absolute Gasteiger partial charge is 0.0484 e. The number of fused-ring (bicyclic) bond motifs is 2. The van der Waals surface area contributed by atoms with Crippen molar-refractivity contribution in [1.29, 1.82) is 0 Å². The van der Waals surface area contributed by atoms with Crippen LogP contribution < -0.4 is 10.6 Å². The van der Waals surface area contributed by atoms with E-state index < -0.39 is 0 Å². The van der Waals surface area contributed by atoms with E-state index in [4.69, 9.17) is 11.6 Å². The third-order valence-corrected chi connectivity index (χ3v) is 5.59. The first-order chi connectivity index (χ1) is 10.8. The summed E-state index contributed by atoms with van der Waals surface area (Å²) in [6, 6.07) is 6.25. The summed E-state index contributed by atoms with van der Waals surface area (Å²) in [6.45, 7) is 7.83. The minimum atomic E-state index is 0.825. The predicted octanol–water partition coefficient (Wildman–Crippen LogP) is 3.26. The molecular weight excluding hydrogens is 294 g/mol. The maximum atomic E-state index is 6.20. The van der Waals surface area contributed by atoms with Crippen LogP contribution in [0, 0.1) is 17.8 Å². The van der Waals surface area contributed by atoms with Crippen molar-refractivity contribution in [1.82, 2.24) is 15.2 Å². The Morgan fingerprint density at radius 2 is 2.14 bits per heavy atom. The van der Waals surface area contributed by atoms with E-state index in [1.54, 1.807) is 0 Å². The van der Waals surface area contributed by atoms with Crippen molar-refractivity contribution in [2.24, 2.45) is 17.8 Å². The van der Waals surface area contributed by atoms with Gasteiger partial charge in [0, 0.05) is 35.2 Å². The standard InChI is InChI=1S/C18H24ClN3/c1-2-5-22-11-12(14-6-13(19)3-4-18(14)22)7-20-8-15-16-9-21-10-17(15)16/h3-4,6,11,15-17,20-21H,2,5,7-10H2,1H3. The van der Waals surface area contributed by atoms with Gasteiger partial charge in [-0.15, -0.1) is 0 Å². The molecule has 2 N–H and O–H groups in total. The summed E-state index contributed by atoms with van der Waals surface area (Å²) in [5.74, 6) is 2.76. The molecule has 4 rings (SSSR count). The Balaban J connectivity index is 1.47. The van der Waals surface area contributed by atoms with Gasteiger partial charge < -0.3 is 15.2 Å². The first-order valence-electron chi connectivity index (χ1n) is 8.46. The summed E-state index contributed by atoms with van der Waals surface area (Å²) >= 11 is 6.20. The van der Waals surface area contributed by atoms with Gasteiger partial charge >= 0.3 is 0 Å². The van der Waals surface area contributed by atoms with E-state index in [9.17, 15) is 0 Å². The molecule has 1 saturated heterocycles. The van der Waals surface area contributed by atoms with E-state index >= 15 is 0 Å². The molecule has 22 heavy (non-hydrogen) atoms. The molecule has 2 unspecified atom stereocenters. The van der Waals surface area contributed by atoms with E-state index in [0.29, 0.717) is 0 Å². The second kappa shape index (κ2) is 5.88. The zero-order chi connectivity index (χ0) is 15.1. The third kappa shape index (κ3) is 2.55. The van der Waals surface area contributed by atoms with E-state index in [1.165, 1.54) is 29.6 Å². The summed E-state index contributed by atoms with van der Waals surface area (Å²) in [5.41, 5.74) is 2.67. The fourth-order valence-electron chi connectivity index (χ4n) is 4.13. The Bertz CT molecular complexity index is 668. The number of aromatic nitrogens is 1. The Morgan fingerprint density at radius 1 is 1.32 bits per heavy atom. The molecule has 1 aromatic heterocycles. The largest absolute Gasteiger partial charge is 0.347 e. The quantitative estimate of drug-likeness (QED) is 0.856. The first-order valence-corrected chi connectivity index (χ1v) is 8.84. The first kappa shape index (κ1) is 14.6. The number of halogens is 1. The lowest BCUT2D eigenvalue weighted by molar-refractivity contribution is 0.540. The van der Waals surface area contributed by atoms with Gasteiger partial charge in [0.1, 0.15) is 0 Å². The van der Waals surface area contributed by atoms with Crippen molar-refractivity contribution < 1.29 is 0 Å². The fraction of sp³-hybridized carbons (Fsp3) is 0.556. The van der Waals surface area contributed by atoms with Gasteiger partial charge in [0.15, 0.2) is 0 Å². The molecular formula is C18H24ClN3. The molecule has 2 fully saturated rings. The number of piperidine rings is 1. The highest BCUT2D eigenvalue weighted by Crippen LogP contribution is 2.48. The molecule has 0 amide bonds. The second-order valence-corrected chi connectivity index (χ2v) is 7.23. The monoisotopic (exact) mass is 317 g/mol. The highest BCUT2D eigenvalue weighted by atomic mass is 35.5. The van der Waals surface area contributed by atoms with Crippen LogP contribution in [-0.4, -0.2) is 24.2 Å². The molecule has 1 aromatic carbocycles. The van der Waals surface area contributed by atoms with Crippen LogP contribution in [0.25, 0.3) is 10.9 Å². The van der Waals surface area contributed by atoms with Crippen LogP contribution in [0.3, 0.4) is 0 Å². The molecule has 0 bridgehead atoms. The minimum Gasteiger partial charge on any atom is -0.347 e. The van der Waals surface area contributed by atoms with Crippen molar-refractivity contribution in [3.63, 3.8) is 0 Å². The zero-order valence-corrected chi connectivity index (χ0v) is 13.9. The summed E-state index contributed by atoms with van der Waals surface area (Å²) in [5, 5.41) is 9.26. The molecule has 2 heterocycles. The molecule has 1 aliphatic heterocycles. The van der Waals surface area contributed by atoms with Crippen molar-refractivity contribution in [2.45, 2.75) is 26.4 Å². The van der Waals surface area contributed by atoms with E-state index in [2.05, 4.69) is 40.5 Å². The van der Waals surface area contributed by atoms with Crippen LogP contribution >= 0.6 is 11.6 Å². The summed E-state index contributed by atoms with van der Waals surface area (Å²) < 4.78 is 2.36. The molecule has 3 nitrogen and oxygen atoms in total. The van der Waals surface area contributed by atoms with Gasteiger partial charge in [-0.05, 0) is 67.6 Å². The Labute approximate surface area is 137 Å². The molecule has 2 aliphatic rings. The van der Waals surface area contributed by atoms with Crippen molar-refractivity contribution >= 4 is 22.5 Å². The number of hydrogen-bond donors (Lipinski definition) is 2. The highest BCUT2D eigenvalue weighted by molar-refractivity contribution is 6.31. The lowest BCUT2D eigenvalue weighted by Crippen LogP contribution is -2.23. The molecule has 118 valence electrons. The fourth-order valence-corrected chi connectivity index (χ4v) is 4.30. The number of hydrogen-bond acceptors (Lipinski definition) is 2. The third-order valence-electron chi connectivity index (χ3n) is 5.35. The van der Waals surface area contributed by atoms with E-state index in [-0.39, 0.29) is 0 Å². The van der Waals surface area contributed by atoms with Gasteiger partial charge in [-0.2, -0.15) is 0 Å². The van der Waals surface area contributed by atoms with Gasteiger partial charge in [-0.1, -0.05) is 18.5 Å². The predicted molar refractivity (Wildman–Crippen MR) is 92.3 cm³/mol. The van der Waals surface area contributed by atoms with Crippen molar-refractivity contribution in [2.75, 3.05) is 19.6 Å². The van der Waals surface area contributed by atoms with Gasteiger partial charge in [-0.3, -0.25) is 0 Å². The average molecular weight is 318 g/mol. The summed E-state index contributed by atoms with van der Waals surface area (Å²) in [4.78, 5) is 0. The lowest BCUT2D eigenvalue weighted by atomic mass is 10.1.